The van der Waals surface area contributed by atoms with Crippen molar-refractivity contribution in [2.75, 3.05) is 20.2 Å². The van der Waals surface area contributed by atoms with Crippen molar-refractivity contribution in [2.24, 2.45) is 16.5 Å². The Hall–Kier alpha value is -4.33. The molecule has 2 amide bonds. The fraction of sp³-hybridized carbons (Fsp3) is 0.323. The molecule has 0 saturated heterocycles. The van der Waals surface area contributed by atoms with E-state index in [0.29, 0.717) is 37.6 Å². The minimum absolute atomic E-state index is 0.199. The molecule has 0 fully saturated rings. The number of guanidine groups is 1. The van der Waals surface area contributed by atoms with Gasteiger partial charge in [0.25, 0.3) is 0 Å². The van der Waals surface area contributed by atoms with Crippen molar-refractivity contribution in [3.63, 3.8) is 0 Å². The predicted octanol–water partition coefficient (Wildman–Crippen LogP) is 3.98. The molecule has 0 aromatic heterocycles. The van der Waals surface area contributed by atoms with E-state index < -0.39 is 23.9 Å². The highest BCUT2D eigenvalue weighted by atomic mass is 16.5. The molecule has 0 spiro atoms. The van der Waals surface area contributed by atoms with Crippen LogP contribution in [0.4, 0.5) is 0 Å². The molecule has 5 N–H and O–H groups in total. The lowest BCUT2D eigenvalue weighted by Crippen LogP contribution is -2.50. The first-order chi connectivity index (χ1) is 18.9. The number of primary amides is 1. The Morgan fingerprint density at radius 3 is 1.95 bits per heavy atom. The van der Waals surface area contributed by atoms with E-state index in [1.165, 1.54) is 0 Å². The first-order valence-corrected chi connectivity index (χ1v) is 13.3. The lowest BCUT2D eigenvalue weighted by molar-refractivity contribution is -0.142. The maximum Gasteiger partial charge on any atom is 0.240 e. The van der Waals surface area contributed by atoms with Gasteiger partial charge in [-0.25, -0.2) is 0 Å². The lowest BCUT2D eigenvalue weighted by Gasteiger charge is -2.38. The summed E-state index contributed by atoms with van der Waals surface area (Å²) < 4.78 is 5.32. The normalized spacial score (nSPS) is 13.0. The van der Waals surface area contributed by atoms with Crippen molar-refractivity contribution >= 4 is 17.8 Å². The van der Waals surface area contributed by atoms with Crippen LogP contribution in [0, 0.1) is 0 Å². The Bertz CT molecular complexity index is 1180. The van der Waals surface area contributed by atoms with Crippen molar-refractivity contribution in [1.29, 1.82) is 0 Å². The smallest absolute Gasteiger partial charge is 0.240 e. The number of hydrogen-bond acceptors (Lipinski definition) is 4. The molecule has 0 radical (unpaired) electrons. The van der Waals surface area contributed by atoms with E-state index in [4.69, 9.17) is 16.2 Å². The van der Waals surface area contributed by atoms with Gasteiger partial charge in [0.05, 0.1) is 19.1 Å². The Kier molecular flexibility index (Phi) is 10.9. The average Bonchev–Trinajstić information content (AvgIpc) is 2.95. The van der Waals surface area contributed by atoms with E-state index in [1.54, 1.807) is 12.0 Å². The number of nitrogens with one attached hydrogen (secondary N) is 1. The highest BCUT2D eigenvalue weighted by molar-refractivity contribution is 5.92. The monoisotopic (exact) mass is 529 g/mol. The molecule has 0 aliphatic rings. The third-order valence-corrected chi connectivity index (χ3v) is 6.72. The summed E-state index contributed by atoms with van der Waals surface area (Å²) in [6.07, 6.45) is 0.876. The number of nitrogens with two attached hydrogens (primary N) is 2. The van der Waals surface area contributed by atoms with E-state index in [2.05, 4.69) is 10.3 Å². The van der Waals surface area contributed by atoms with Crippen LogP contribution in [0.25, 0.3) is 0 Å². The van der Waals surface area contributed by atoms with Crippen LogP contribution in [0.3, 0.4) is 0 Å². The number of amides is 2. The van der Waals surface area contributed by atoms with Crippen LogP contribution in [-0.2, 0) is 9.59 Å². The first kappa shape index (κ1) is 29.2. The van der Waals surface area contributed by atoms with Gasteiger partial charge in [-0.2, -0.15) is 0 Å². The van der Waals surface area contributed by atoms with Crippen molar-refractivity contribution < 1.29 is 14.3 Å². The number of carbonyl (C=O) groups is 2. The zero-order valence-corrected chi connectivity index (χ0v) is 22.9. The molecule has 3 aromatic carbocycles. The van der Waals surface area contributed by atoms with Gasteiger partial charge in [-0.1, -0.05) is 72.8 Å². The largest absolute Gasteiger partial charge is 0.497 e. The zero-order chi connectivity index (χ0) is 28.2. The molecule has 8 nitrogen and oxygen atoms in total. The predicted molar refractivity (Wildman–Crippen MR) is 155 cm³/mol. The topological polar surface area (TPSA) is 123 Å². The van der Waals surface area contributed by atoms with Gasteiger partial charge in [0, 0.05) is 13.1 Å². The highest BCUT2D eigenvalue weighted by Gasteiger charge is 2.37. The van der Waals surface area contributed by atoms with Gasteiger partial charge < -0.3 is 26.4 Å². The van der Waals surface area contributed by atoms with Crippen LogP contribution in [0.15, 0.2) is 89.9 Å². The summed E-state index contributed by atoms with van der Waals surface area (Å²) in [6, 6.07) is 25.4. The molecule has 0 heterocycles. The summed E-state index contributed by atoms with van der Waals surface area (Å²) in [7, 11) is 1.60. The standard InChI is InChI=1S/C31H39N5O3/c1-4-34-31(33)35-21-11-16-27(29(32)37)36(22(2)23-17-19-26(39-3)20-18-23)30(38)28(24-12-7-5-8-13-24)25-14-9-6-10-15-25/h5-10,12-15,17-20,22,27-28H,4,11,16,21H2,1-3H3,(H2,32,37)(H3,33,34,35)/t22-,27-/m1/s1. The Morgan fingerprint density at radius 1 is 0.897 bits per heavy atom. The van der Waals surface area contributed by atoms with Crippen LogP contribution >= 0.6 is 0 Å². The molecule has 8 heteroatoms. The Labute approximate surface area is 231 Å². The zero-order valence-electron chi connectivity index (χ0n) is 22.9. The molecule has 3 aromatic rings. The third-order valence-electron chi connectivity index (χ3n) is 6.72. The van der Waals surface area contributed by atoms with Crippen molar-refractivity contribution in [1.82, 2.24) is 10.2 Å². The van der Waals surface area contributed by atoms with Crippen molar-refractivity contribution in [3.8, 4) is 5.75 Å². The molecule has 0 aliphatic carbocycles. The van der Waals surface area contributed by atoms with E-state index >= 15 is 0 Å². The van der Waals surface area contributed by atoms with Crippen LogP contribution in [-0.4, -0.2) is 48.9 Å². The Balaban J connectivity index is 2.04. The summed E-state index contributed by atoms with van der Waals surface area (Å²) in [5.74, 6) is -0.321. The van der Waals surface area contributed by atoms with Gasteiger partial charge >= 0.3 is 0 Å². The van der Waals surface area contributed by atoms with E-state index in [0.717, 1.165) is 16.7 Å². The number of benzene rings is 3. The summed E-state index contributed by atoms with van der Waals surface area (Å²) in [6.45, 7) is 4.93. The summed E-state index contributed by atoms with van der Waals surface area (Å²) >= 11 is 0. The maximum absolute atomic E-state index is 14.6. The number of aliphatic imine (C=N–C) groups is 1. The number of carbonyl (C=O) groups excluding carboxylic acids is 2. The van der Waals surface area contributed by atoms with Crippen LogP contribution in [0.2, 0.25) is 0 Å². The molecule has 206 valence electrons. The quantitative estimate of drug-likeness (QED) is 0.176. The minimum Gasteiger partial charge on any atom is -0.497 e. The molecule has 0 bridgehead atoms. The molecule has 3 rings (SSSR count). The second kappa shape index (κ2) is 14.6. The van der Waals surface area contributed by atoms with Gasteiger partial charge in [0.1, 0.15) is 11.8 Å². The molecule has 0 saturated carbocycles. The molecular formula is C31H39N5O3. The second-order valence-electron chi connectivity index (χ2n) is 9.31. The highest BCUT2D eigenvalue weighted by Crippen LogP contribution is 2.33. The fourth-order valence-electron chi connectivity index (χ4n) is 4.71. The number of hydrogen-bond donors (Lipinski definition) is 3. The number of methoxy groups -OCH3 is 1. The van der Waals surface area contributed by atoms with Gasteiger partial charge in [-0.3, -0.25) is 14.6 Å². The van der Waals surface area contributed by atoms with E-state index in [9.17, 15) is 9.59 Å². The van der Waals surface area contributed by atoms with Crippen LogP contribution < -0.4 is 21.5 Å². The van der Waals surface area contributed by atoms with Crippen molar-refractivity contribution in [3.05, 3.63) is 102 Å². The van der Waals surface area contributed by atoms with Gasteiger partial charge in [-0.05, 0) is 55.5 Å². The van der Waals surface area contributed by atoms with E-state index in [-0.39, 0.29) is 5.91 Å². The summed E-state index contributed by atoms with van der Waals surface area (Å²) in [4.78, 5) is 33.5. The average molecular weight is 530 g/mol. The van der Waals surface area contributed by atoms with Crippen LogP contribution in [0.5, 0.6) is 5.75 Å². The molecular weight excluding hydrogens is 490 g/mol. The SMILES string of the molecule is CCNC(N)=NCCC[C@H](C(N)=O)N(C(=O)C(c1ccccc1)c1ccccc1)[C@H](C)c1ccc(OC)cc1. The third kappa shape index (κ3) is 7.83. The van der Waals surface area contributed by atoms with Gasteiger partial charge in [-0.15, -0.1) is 0 Å². The fourth-order valence-corrected chi connectivity index (χ4v) is 4.71. The number of rotatable bonds is 13. The first-order valence-electron chi connectivity index (χ1n) is 13.3. The number of nitrogens with zero attached hydrogens (tertiary/aromatic N) is 2. The van der Waals surface area contributed by atoms with Gasteiger partial charge in [0.15, 0.2) is 5.96 Å². The molecule has 0 aliphatic heterocycles. The lowest BCUT2D eigenvalue weighted by atomic mass is 9.88. The summed E-state index contributed by atoms with van der Waals surface area (Å²) in [5.41, 5.74) is 14.4. The van der Waals surface area contributed by atoms with Gasteiger partial charge in [0.2, 0.25) is 11.8 Å². The molecule has 2 atom stereocenters. The van der Waals surface area contributed by atoms with Crippen LogP contribution in [0.1, 0.15) is 55.3 Å². The molecule has 39 heavy (non-hydrogen) atoms. The van der Waals surface area contributed by atoms with E-state index in [1.807, 2.05) is 98.8 Å². The minimum atomic E-state index is -0.847. The maximum atomic E-state index is 14.6. The Morgan fingerprint density at radius 2 is 1.46 bits per heavy atom. The number of ether oxygens (including phenoxy) is 1. The molecule has 0 unspecified atom stereocenters. The van der Waals surface area contributed by atoms with Crippen molar-refractivity contribution in [2.45, 2.75) is 44.7 Å². The second-order valence-corrected chi connectivity index (χ2v) is 9.31. The summed E-state index contributed by atoms with van der Waals surface area (Å²) in [5, 5.41) is 2.96.